The number of aromatic nitrogens is 2. The van der Waals surface area contributed by atoms with E-state index in [1.54, 1.807) is 18.2 Å². The molecule has 0 aliphatic carbocycles. The molecule has 0 saturated carbocycles. The van der Waals surface area contributed by atoms with Gasteiger partial charge in [-0.2, -0.15) is 0 Å². The van der Waals surface area contributed by atoms with Crippen LogP contribution in [0.3, 0.4) is 0 Å². The van der Waals surface area contributed by atoms with Crippen molar-refractivity contribution in [3.63, 3.8) is 0 Å². The van der Waals surface area contributed by atoms with E-state index in [4.69, 9.17) is 9.84 Å². The van der Waals surface area contributed by atoms with Gasteiger partial charge >= 0.3 is 5.97 Å². The van der Waals surface area contributed by atoms with Crippen molar-refractivity contribution >= 4 is 27.7 Å². The van der Waals surface area contributed by atoms with Gasteiger partial charge in [0.15, 0.2) is 5.69 Å². The summed E-state index contributed by atoms with van der Waals surface area (Å²) in [6.07, 6.45) is 1.18. The van der Waals surface area contributed by atoms with Gasteiger partial charge in [0.05, 0.1) is 17.9 Å². The molecule has 2 rings (SSSR count). The lowest BCUT2D eigenvalue weighted by atomic mass is 10.1. The maximum Gasteiger partial charge on any atom is 0.354 e. The maximum atomic E-state index is 12.2. The van der Waals surface area contributed by atoms with Crippen LogP contribution in [-0.2, 0) is 0 Å². The van der Waals surface area contributed by atoms with E-state index >= 15 is 0 Å². The summed E-state index contributed by atoms with van der Waals surface area (Å²) in [7, 11) is 1.51. The number of nitrogens with one attached hydrogen (secondary N) is 1. The fraction of sp³-hybridized carbons (Fsp3) is 0.0833. The Morgan fingerprint density at radius 2 is 2.16 bits per heavy atom. The first-order chi connectivity index (χ1) is 9.04. The fourth-order valence-corrected chi connectivity index (χ4v) is 2.11. The monoisotopic (exact) mass is 324 g/mol. The molecular formula is C12H9BrN2O4. The van der Waals surface area contributed by atoms with Crippen LogP contribution in [-0.4, -0.2) is 33.9 Å². The van der Waals surface area contributed by atoms with Crippen molar-refractivity contribution in [2.24, 2.45) is 0 Å². The molecule has 0 saturated heterocycles. The molecule has 2 aromatic rings. The van der Waals surface area contributed by atoms with Gasteiger partial charge in [0.25, 0.3) is 0 Å². The highest BCUT2D eigenvalue weighted by molar-refractivity contribution is 9.10. The van der Waals surface area contributed by atoms with Gasteiger partial charge in [-0.05, 0) is 34.1 Å². The summed E-state index contributed by atoms with van der Waals surface area (Å²) < 4.78 is 5.66. The van der Waals surface area contributed by atoms with E-state index in [0.717, 1.165) is 0 Å². The van der Waals surface area contributed by atoms with Crippen LogP contribution in [0.1, 0.15) is 26.5 Å². The van der Waals surface area contributed by atoms with Crippen molar-refractivity contribution in [2.45, 2.75) is 0 Å². The van der Waals surface area contributed by atoms with Crippen molar-refractivity contribution in [1.82, 2.24) is 9.97 Å². The van der Waals surface area contributed by atoms with Gasteiger partial charge in [0.2, 0.25) is 5.78 Å². The number of ketones is 1. The zero-order valence-corrected chi connectivity index (χ0v) is 11.4. The number of hydrogen-bond acceptors (Lipinski definition) is 4. The predicted octanol–water partition coefficient (Wildman–Crippen LogP) is 2.11. The van der Waals surface area contributed by atoms with Crippen molar-refractivity contribution < 1.29 is 19.4 Å². The Morgan fingerprint density at radius 3 is 2.74 bits per heavy atom. The number of nitrogens with zero attached hydrogens (tertiary/aromatic N) is 1. The molecule has 0 spiro atoms. The first-order valence-corrected chi connectivity index (χ1v) is 5.98. The average molecular weight is 325 g/mol. The molecular weight excluding hydrogens is 316 g/mol. The molecule has 0 unspecified atom stereocenters. The van der Waals surface area contributed by atoms with E-state index in [-0.39, 0.29) is 11.4 Å². The average Bonchev–Trinajstić information content (AvgIpc) is 2.87. The lowest BCUT2D eigenvalue weighted by molar-refractivity contribution is 0.0687. The predicted molar refractivity (Wildman–Crippen MR) is 69.7 cm³/mol. The number of ether oxygens (including phenoxy) is 1. The second-order valence-corrected chi connectivity index (χ2v) is 4.46. The lowest BCUT2D eigenvalue weighted by Crippen LogP contribution is -2.09. The summed E-state index contributed by atoms with van der Waals surface area (Å²) >= 11 is 3.26. The number of halogens is 1. The molecule has 0 fully saturated rings. The van der Waals surface area contributed by atoms with Crippen LogP contribution in [0.4, 0.5) is 0 Å². The normalized spacial score (nSPS) is 10.2. The Hall–Kier alpha value is -2.15. The molecule has 98 valence electrons. The fourth-order valence-electron chi connectivity index (χ4n) is 1.57. The number of H-pyrrole nitrogens is 1. The molecule has 0 amide bonds. The van der Waals surface area contributed by atoms with Crippen molar-refractivity contribution in [3.05, 3.63) is 46.0 Å². The van der Waals surface area contributed by atoms with Gasteiger partial charge in [0, 0.05) is 5.56 Å². The van der Waals surface area contributed by atoms with E-state index in [1.807, 2.05) is 0 Å². The van der Waals surface area contributed by atoms with E-state index in [9.17, 15) is 9.59 Å². The molecule has 0 bridgehead atoms. The van der Waals surface area contributed by atoms with Gasteiger partial charge in [0.1, 0.15) is 11.4 Å². The second-order valence-electron chi connectivity index (χ2n) is 3.61. The third-order valence-electron chi connectivity index (χ3n) is 2.48. The van der Waals surface area contributed by atoms with Crippen LogP contribution in [0.2, 0.25) is 0 Å². The van der Waals surface area contributed by atoms with Crippen molar-refractivity contribution in [2.75, 3.05) is 7.11 Å². The SMILES string of the molecule is COc1ccc(C(=O)c2nc[nH]c2C(=O)O)cc1Br. The zero-order chi connectivity index (χ0) is 14.0. The molecule has 0 atom stereocenters. The van der Waals surface area contributed by atoms with E-state index in [0.29, 0.717) is 15.8 Å². The number of benzene rings is 1. The van der Waals surface area contributed by atoms with Gasteiger partial charge < -0.3 is 14.8 Å². The standard InChI is InChI=1S/C12H9BrN2O4/c1-19-8-3-2-6(4-7(8)13)11(16)9-10(12(17)18)15-5-14-9/h2-5H,1H3,(H,14,15)(H,17,18). The molecule has 0 aliphatic rings. The summed E-state index contributed by atoms with van der Waals surface area (Å²) in [5.74, 6) is -1.12. The van der Waals surface area contributed by atoms with Crippen LogP contribution in [0.15, 0.2) is 29.0 Å². The summed E-state index contributed by atoms with van der Waals surface area (Å²) in [6, 6.07) is 4.72. The van der Waals surface area contributed by atoms with E-state index in [1.165, 1.54) is 13.4 Å². The maximum absolute atomic E-state index is 12.2. The summed E-state index contributed by atoms with van der Waals surface area (Å²) in [4.78, 5) is 29.3. The minimum atomic E-state index is -1.23. The number of carboxylic acids is 1. The lowest BCUT2D eigenvalue weighted by Gasteiger charge is -2.05. The number of imidazole rings is 1. The third kappa shape index (κ3) is 2.50. The number of methoxy groups -OCH3 is 1. The number of carboxylic acid groups (broad SMARTS) is 1. The smallest absolute Gasteiger partial charge is 0.354 e. The molecule has 19 heavy (non-hydrogen) atoms. The number of carbonyl (C=O) groups is 2. The largest absolute Gasteiger partial charge is 0.496 e. The second kappa shape index (κ2) is 5.23. The van der Waals surface area contributed by atoms with Crippen LogP contribution < -0.4 is 4.74 Å². The van der Waals surface area contributed by atoms with E-state index < -0.39 is 11.8 Å². The Balaban J connectivity index is 2.42. The Kier molecular flexibility index (Phi) is 3.66. The highest BCUT2D eigenvalue weighted by Crippen LogP contribution is 2.26. The van der Waals surface area contributed by atoms with Crippen molar-refractivity contribution in [3.8, 4) is 5.75 Å². The van der Waals surface area contributed by atoms with Gasteiger partial charge in [-0.3, -0.25) is 4.79 Å². The number of aromatic amines is 1. The molecule has 1 aromatic carbocycles. The Morgan fingerprint density at radius 1 is 1.42 bits per heavy atom. The number of hydrogen-bond donors (Lipinski definition) is 2. The quantitative estimate of drug-likeness (QED) is 0.840. The minimum Gasteiger partial charge on any atom is -0.496 e. The van der Waals surface area contributed by atoms with Crippen molar-refractivity contribution in [1.29, 1.82) is 0 Å². The zero-order valence-electron chi connectivity index (χ0n) is 9.81. The summed E-state index contributed by atoms with van der Waals surface area (Å²) in [6.45, 7) is 0. The van der Waals surface area contributed by atoms with Crippen LogP contribution in [0, 0.1) is 0 Å². The molecule has 1 heterocycles. The summed E-state index contributed by atoms with van der Waals surface area (Å²) in [5, 5.41) is 8.93. The Bertz CT molecular complexity index is 651. The molecule has 0 aliphatic heterocycles. The van der Waals surface area contributed by atoms with Gasteiger partial charge in [-0.25, -0.2) is 9.78 Å². The van der Waals surface area contributed by atoms with E-state index in [2.05, 4.69) is 25.9 Å². The van der Waals surface area contributed by atoms with Crippen LogP contribution >= 0.6 is 15.9 Å². The molecule has 6 nitrogen and oxygen atoms in total. The number of rotatable bonds is 4. The molecule has 7 heteroatoms. The number of carbonyl (C=O) groups excluding carboxylic acids is 1. The Labute approximate surface area is 116 Å². The first-order valence-electron chi connectivity index (χ1n) is 5.19. The number of aromatic carboxylic acids is 1. The van der Waals surface area contributed by atoms with Gasteiger partial charge in [-0.15, -0.1) is 0 Å². The third-order valence-corrected chi connectivity index (χ3v) is 3.10. The van der Waals surface area contributed by atoms with Crippen LogP contribution in [0.25, 0.3) is 0 Å². The minimum absolute atomic E-state index is 0.121. The molecule has 0 radical (unpaired) electrons. The van der Waals surface area contributed by atoms with Crippen LogP contribution in [0.5, 0.6) is 5.75 Å². The highest BCUT2D eigenvalue weighted by atomic mass is 79.9. The molecule has 1 aromatic heterocycles. The summed E-state index contributed by atoms with van der Waals surface area (Å²) in [5.41, 5.74) is -0.0243. The molecule has 2 N–H and O–H groups in total. The van der Waals surface area contributed by atoms with Gasteiger partial charge in [-0.1, -0.05) is 0 Å². The highest BCUT2D eigenvalue weighted by Gasteiger charge is 2.21. The first kappa shape index (κ1) is 13.3. The topological polar surface area (TPSA) is 92.3 Å².